The lowest BCUT2D eigenvalue weighted by atomic mass is 10.0. The molecule has 2 heterocycles. The maximum Gasteiger partial charge on any atom is 0.254 e. The highest BCUT2D eigenvalue weighted by atomic mass is 16.1. The summed E-state index contributed by atoms with van der Waals surface area (Å²) in [6, 6.07) is 8.34. The fourth-order valence-corrected chi connectivity index (χ4v) is 2.81. The molecule has 1 aromatic carbocycles. The van der Waals surface area contributed by atoms with Gasteiger partial charge >= 0.3 is 0 Å². The Morgan fingerprint density at radius 3 is 2.75 bits per heavy atom. The molecule has 0 aliphatic carbocycles. The number of rotatable bonds is 5. The van der Waals surface area contributed by atoms with Crippen LogP contribution in [0.1, 0.15) is 22.3 Å². The molecule has 1 amide bonds. The van der Waals surface area contributed by atoms with Crippen LogP contribution in [0, 0.1) is 0 Å². The number of benzene rings is 1. The quantitative estimate of drug-likeness (QED) is 0.909. The summed E-state index contributed by atoms with van der Waals surface area (Å²) in [5.74, 6) is 0.509. The minimum absolute atomic E-state index is 0.137. The monoisotopic (exact) mass is 325 g/mol. The van der Waals surface area contributed by atoms with Crippen LogP contribution in [0.4, 0.5) is 11.6 Å². The molecule has 1 N–H and O–H groups in total. The number of hydrogen-bond acceptors (Lipinski definition) is 5. The van der Waals surface area contributed by atoms with Crippen LogP contribution in [0.15, 0.2) is 36.7 Å². The van der Waals surface area contributed by atoms with E-state index in [0.29, 0.717) is 18.1 Å². The first-order valence-electron chi connectivity index (χ1n) is 8.25. The molecule has 6 heteroatoms. The Labute approximate surface area is 142 Å². The Morgan fingerprint density at radius 1 is 1.25 bits per heavy atom. The van der Waals surface area contributed by atoms with Gasteiger partial charge in [0.1, 0.15) is 0 Å². The summed E-state index contributed by atoms with van der Waals surface area (Å²) in [4.78, 5) is 25.0. The van der Waals surface area contributed by atoms with Gasteiger partial charge in [0.15, 0.2) is 0 Å². The van der Waals surface area contributed by atoms with Crippen molar-refractivity contribution >= 4 is 17.5 Å². The van der Waals surface area contributed by atoms with E-state index in [-0.39, 0.29) is 5.91 Å². The molecule has 1 aromatic heterocycles. The second-order valence-electron chi connectivity index (χ2n) is 6.21. The Balaban J connectivity index is 1.70. The van der Waals surface area contributed by atoms with Gasteiger partial charge in [-0.2, -0.15) is 0 Å². The fraction of sp³-hybridized carbons (Fsp3) is 0.389. The maximum absolute atomic E-state index is 12.1. The van der Waals surface area contributed by atoms with E-state index in [0.717, 1.165) is 31.6 Å². The molecule has 2 aromatic rings. The number of carbonyl (C=O) groups excluding carboxylic acids is 1. The Morgan fingerprint density at radius 2 is 2.00 bits per heavy atom. The van der Waals surface area contributed by atoms with Crippen molar-refractivity contribution in [3.05, 3.63) is 47.8 Å². The molecule has 0 bridgehead atoms. The van der Waals surface area contributed by atoms with Crippen LogP contribution in [0.3, 0.4) is 0 Å². The van der Waals surface area contributed by atoms with Gasteiger partial charge in [0, 0.05) is 37.7 Å². The number of carbonyl (C=O) groups is 1. The number of aromatic nitrogens is 2. The number of hydrogen-bond donors (Lipinski definition) is 1. The highest BCUT2D eigenvalue weighted by Crippen LogP contribution is 2.30. The number of likely N-dealkylation sites (N-methyl/N-ethyl adjacent to an activating group) is 1. The van der Waals surface area contributed by atoms with Crippen LogP contribution in [0.5, 0.6) is 0 Å². The van der Waals surface area contributed by atoms with Crippen LogP contribution in [0.25, 0.3) is 0 Å². The molecule has 0 unspecified atom stereocenters. The number of para-hydroxylation sites is 1. The van der Waals surface area contributed by atoms with Gasteiger partial charge in [0.25, 0.3) is 5.91 Å². The zero-order valence-electron chi connectivity index (χ0n) is 14.2. The second-order valence-corrected chi connectivity index (χ2v) is 6.21. The van der Waals surface area contributed by atoms with Crippen molar-refractivity contribution in [1.82, 2.24) is 20.2 Å². The van der Waals surface area contributed by atoms with Crippen LogP contribution in [-0.2, 0) is 6.42 Å². The summed E-state index contributed by atoms with van der Waals surface area (Å²) in [6.07, 6.45) is 5.36. The third kappa shape index (κ3) is 3.71. The van der Waals surface area contributed by atoms with Crippen LogP contribution in [-0.4, -0.2) is 54.5 Å². The Hall–Kier alpha value is -2.47. The van der Waals surface area contributed by atoms with Crippen molar-refractivity contribution < 1.29 is 4.79 Å². The van der Waals surface area contributed by atoms with Gasteiger partial charge in [-0.05, 0) is 38.6 Å². The van der Waals surface area contributed by atoms with Gasteiger partial charge in [-0.1, -0.05) is 18.2 Å². The zero-order valence-corrected chi connectivity index (χ0v) is 14.2. The number of nitrogens with one attached hydrogen (secondary N) is 1. The molecule has 6 nitrogen and oxygen atoms in total. The first-order valence-corrected chi connectivity index (χ1v) is 8.25. The number of nitrogens with zero attached hydrogens (tertiary/aromatic N) is 4. The number of anilines is 2. The van der Waals surface area contributed by atoms with Crippen molar-refractivity contribution in [1.29, 1.82) is 0 Å². The zero-order chi connectivity index (χ0) is 16.9. The van der Waals surface area contributed by atoms with E-state index in [1.54, 1.807) is 12.4 Å². The maximum atomic E-state index is 12.1. The summed E-state index contributed by atoms with van der Waals surface area (Å²) in [5, 5.41) is 2.87. The molecule has 24 heavy (non-hydrogen) atoms. The van der Waals surface area contributed by atoms with E-state index in [1.807, 2.05) is 25.1 Å². The predicted molar refractivity (Wildman–Crippen MR) is 94.7 cm³/mol. The number of aryl methyl sites for hydroxylation is 1. The summed E-state index contributed by atoms with van der Waals surface area (Å²) in [7, 11) is 3.95. The first-order chi connectivity index (χ1) is 11.6. The number of amides is 1. The third-order valence-electron chi connectivity index (χ3n) is 4.10. The first kappa shape index (κ1) is 16.4. The molecular formula is C18H23N5O. The van der Waals surface area contributed by atoms with Crippen LogP contribution < -0.4 is 10.2 Å². The minimum Gasteiger partial charge on any atom is -0.351 e. The highest BCUT2D eigenvalue weighted by Gasteiger charge is 2.20. The minimum atomic E-state index is -0.137. The van der Waals surface area contributed by atoms with Crippen molar-refractivity contribution in [2.75, 3.05) is 38.6 Å². The lowest BCUT2D eigenvalue weighted by molar-refractivity contribution is 0.0950. The molecule has 1 aliphatic rings. The molecule has 0 saturated carbocycles. The van der Waals surface area contributed by atoms with E-state index in [1.165, 1.54) is 5.56 Å². The van der Waals surface area contributed by atoms with Gasteiger partial charge in [0.05, 0.1) is 5.56 Å². The summed E-state index contributed by atoms with van der Waals surface area (Å²) >= 11 is 0. The Kier molecular flexibility index (Phi) is 5.05. The predicted octanol–water partition coefficient (Wildman–Crippen LogP) is 1.85. The Bertz CT molecular complexity index is 699. The average molecular weight is 325 g/mol. The van der Waals surface area contributed by atoms with E-state index in [2.05, 4.69) is 38.4 Å². The summed E-state index contributed by atoms with van der Waals surface area (Å²) in [6.45, 7) is 2.30. The standard InChI is InChI=1S/C18H23N5O/c1-22(2)11-9-19-17(24)15-12-20-18(21-13-15)23-10-5-7-14-6-3-4-8-16(14)23/h3-4,6,8,12-13H,5,7,9-11H2,1-2H3,(H,19,24). The number of fused-ring (bicyclic) bond motifs is 1. The molecule has 0 fully saturated rings. The van der Waals surface area contributed by atoms with Crippen molar-refractivity contribution in [3.8, 4) is 0 Å². The van der Waals surface area contributed by atoms with E-state index in [4.69, 9.17) is 0 Å². The fourth-order valence-electron chi connectivity index (χ4n) is 2.81. The SMILES string of the molecule is CN(C)CCNC(=O)c1cnc(N2CCCc3ccccc32)nc1. The third-order valence-corrected chi connectivity index (χ3v) is 4.10. The van der Waals surface area contributed by atoms with Crippen LogP contribution in [0.2, 0.25) is 0 Å². The smallest absolute Gasteiger partial charge is 0.254 e. The van der Waals surface area contributed by atoms with Gasteiger partial charge < -0.3 is 15.1 Å². The molecular weight excluding hydrogens is 302 g/mol. The molecule has 1 aliphatic heterocycles. The highest BCUT2D eigenvalue weighted by molar-refractivity contribution is 5.93. The lowest BCUT2D eigenvalue weighted by Gasteiger charge is -2.29. The van der Waals surface area contributed by atoms with Crippen molar-refractivity contribution in [3.63, 3.8) is 0 Å². The molecule has 126 valence electrons. The van der Waals surface area contributed by atoms with E-state index in [9.17, 15) is 4.79 Å². The van der Waals surface area contributed by atoms with Gasteiger partial charge in [0.2, 0.25) is 5.95 Å². The summed E-state index contributed by atoms with van der Waals surface area (Å²) < 4.78 is 0. The van der Waals surface area contributed by atoms with E-state index >= 15 is 0 Å². The molecule has 0 atom stereocenters. The van der Waals surface area contributed by atoms with Crippen molar-refractivity contribution in [2.24, 2.45) is 0 Å². The average Bonchev–Trinajstić information content (AvgIpc) is 2.61. The van der Waals surface area contributed by atoms with Gasteiger partial charge in [-0.15, -0.1) is 0 Å². The molecule has 0 radical (unpaired) electrons. The molecule has 0 spiro atoms. The topological polar surface area (TPSA) is 61.4 Å². The second kappa shape index (κ2) is 7.40. The normalized spacial score (nSPS) is 13.7. The van der Waals surface area contributed by atoms with Gasteiger partial charge in [-0.3, -0.25) is 4.79 Å². The molecule has 3 rings (SSSR count). The van der Waals surface area contributed by atoms with E-state index < -0.39 is 0 Å². The van der Waals surface area contributed by atoms with Crippen molar-refractivity contribution in [2.45, 2.75) is 12.8 Å². The molecule has 0 saturated heterocycles. The van der Waals surface area contributed by atoms with Crippen LogP contribution >= 0.6 is 0 Å². The summed E-state index contributed by atoms with van der Waals surface area (Å²) in [5.41, 5.74) is 2.97. The van der Waals surface area contributed by atoms with Gasteiger partial charge in [-0.25, -0.2) is 9.97 Å². The lowest BCUT2D eigenvalue weighted by Crippen LogP contribution is -2.31. The largest absolute Gasteiger partial charge is 0.351 e.